The first-order chi connectivity index (χ1) is 11.4. The number of rotatable bonds is 5. The largest absolute Gasteiger partial charge is 0.449 e. The quantitative estimate of drug-likeness (QED) is 0.705. The predicted molar refractivity (Wildman–Crippen MR) is 85.8 cm³/mol. The number of likely N-dealkylation sites (tertiary alicyclic amines) is 2. The van der Waals surface area contributed by atoms with Gasteiger partial charge < -0.3 is 9.64 Å². The van der Waals surface area contributed by atoms with E-state index in [1.54, 1.807) is 4.90 Å². The second-order valence-corrected chi connectivity index (χ2v) is 7.02. The van der Waals surface area contributed by atoms with E-state index in [0.29, 0.717) is 44.6 Å². The fraction of sp³-hybridized carbons (Fsp3) is 0.941. The molecule has 7 heteroatoms. The van der Waals surface area contributed by atoms with Gasteiger partial charge in [-0.05, 0) is 57.0 Å². The second-order valence-electron chi connectivity index (χ2n) is 7.02. The van der Waals surface area contributed by atoms with Gasteiger partial charge in [0.15, 0.2) is 0 Å². The number of hydrogen-bond acceptors (Lipinski definition) is 3. The number of amides is 1. The van der Waals surface area contributed by atoms with Gasteiger partial charge in [0.25, 0.3) is 0 Å². The molecule has 0 aromatic carbocycles. The number of piperidine rings is 2. The maximum absolute atomic E-state index is 12.4. The molecule has 4 nitrogen and oxygen atoms in total. The van der Waals surface area contributed by atoms with Crippen LogP contribution < -0.4 is 0 Å². The molecule has 0 spiro atoms. The van der Waals surface area contributed by atoms with E-state index in [4.69, 9.17) is 4.74 Å². The molecule has 140 valence electrons. The van der Waals surface area contributed by atoms with Crippen molar-refractivity contribution in [1.29, 1.82) is 0 Å². The molecular weight excluding hydrogens is 321 g/mol. The summed E-state index contributed by atoms with van der Waals surface area (Å²) in [5.74, 6) is 1.02. The Labute approximate surface area is 142 Å². The lowest BCUT2D eigenvalue weighted by Crippen LogP contribution is -2.44. The summed E-state index contributed by atoms with van der Waals surface area (Å²) in [5, 5.41) is 0. The third kappa shape index (κ3) is 6.15. The fourth-order valence-corrected chi connectivity index (χ4v) is 3.78. The predicted octanol–water partition coefficient (Wildman–Crippen LogP) is 3.91. The highest BCUT2D eigenvalue weighted by atomic mass is 19.4. The zero-order chi connectivity index (χ0) is 17.6. The second kappa shape index (κ2) is 8.92. The Kier molecular flexibility index (Phi) is 7.19. The Morgan fingerprint density at radius 2 is 1.58 bits per heavy atom. The van der Waals surface area contributed by atoms with E-state index in [1.165, 1.54) is 4.90 Å². The summed E-state index contributed by atoms with van der Waals surface area (Å²) >= 11 is 0. The van der Waals surface area contributed by atoms with Crippen LogP contribution in [0, 0.1) is 11.8 Å². The molecular formula is C17H29F3N2O2. The molecule has 0 saturated carbocycles. The smallest absolute Gasteiger partial charge is 0.409 e. The molecule has 0 unspecified atom stereocenters. The molecule has 0 radical (unpaired) electrons. The van der Waals surface area contributed by atoms with Crippen molar-refractivity contribution in [2.24, 2.45) is 11.8 Å². The van der Waals surface area contributed by atoms with Crippen molar-refractivity contribution in [1.82, 2.24) is 9.80 Å². The van der Waals surface area contributed by atoms with Crippen molar-refractivity contribution in [2.75, 3.05) is 39.3 Å². The fourth-order valence-electron chi connectivity index (χ4n) is 3.78. The van der Waals surface area contributed by atoms with Crippen LogP contribution in [0.5, 0.6) is 0 Å². The van der Waals surface area contributed by atoms with Crippen LogP contribution in [0.25, 0.3) is 0 Å². The van der Waals surface area contributed by atoms with Gasteiger partial charge >= 0.3 is 12.3 Å². The molecule has 2 aliphatic rings. The topological polar surface area (TPSA) is 32.8 Å². The van der Waals surface area contributed by atoms with Crippen LogP contribution in [0.1, 0.15) is 45.4 Å². The van der Waals surface area contributed by atoms with Gasteiger partial charge in [-0.25, -0.2) is 4.79 Å². The molecule has 0 aliphatic carbocycles. The van der Waals surface area contributed by atoms with E-state index in [2.05, 4.69) is 6.92 Å². The van der Waals surface area contributed by atoms with Crippen molar-refractivity contribution >= 4 is 6.09 Å². The molecule has 2 rings (SSSR count). The summed E-state index contributed by atoms with van der Waals surface area (Å²) in [7, 11) is 0. The lowest BCUT2D eigenvalue weighted by Gasteiger charge is -2.40. The lowest BCUT2D eigenvalue weighted by molar-refractivity contribution is -0.149. The molecule has 0 bridgehead atoms. The number of nitrogens with zero attached hydrogens (tertiary/aromatic N) is 2. The number of carbonyl (C=O) groups excluding carboxylic acids is 1. The minimum atomic E-state index is -4.10. The standard InChI is InChI=1S/C17H29F3N2O2/c1-2-3-12-24-16(23)22-10-6-15(7-11-22)14-4-8-21(9-5-14)13-17(18,19)20/h14-15H,2-13H2,1H3. The van der Waals surface area contributed by atoms with E-state index in [-0.39, 0.29) is 6.09 Å². The van der Waals surface area contributed by atoms with Crippen LogP contribution in [0.3, 0.4) is 0 Å². The molecule has 2 heterocycles. The number of hydrogen-bond donors (Lipinski definition) is 0. The summed E-state index contributed by atoms with van der Waals surface area (Å²) in [6, 6.07) is 0. The normalized spacial score (nSPS) is 21.9. The van der Waals surface area contributed by atoms with E-state index in [1.807, 2.05) is 0 Å². The van der Waals surface area contributed by atoms with Crippen LogP contribution in [0.4, 0.5) is 18.0 Å². The maximum Gasteiger partial charge on any atom is 0.409 e. The van der Waals surface area contributed by atoms with Gasteiger partial charge in [0.1, 0.15) is 0 Å². The highest BCUT2D eigenvalue weighted by Crippen LogP contribution is 2.33. The van der Waals surface area contributed by atoms with E-state index in [9.17, 15) is 18.0 Å². The van der Waals surface area contributed by atoms with E-state index >= 15 is 0 Å². The van der Waals surface area contributed by atoms with Crippen LogP contribution in [-0.2, 0) is 4.74 Å². The number of carbonyl (C=O) groups is 1. The van der Waals surface area contributed by atoms with Crippen molar-refractivity contribution in [3.63, 3.8) is 0 Å². The van der Waals surface area contributed by atoms with Gasteiger partial charge in [-0.15, -0.1) is 0 Å². The molecule has 0 aromatic rings. The highest BCUT2D eigenvalue weighted by Gasteiger charge is 2.35. The first-order valence-corrected chi connectivity index (χ1v) is 9.10. The third-order valence-corrected chi connectivity index (χ3v) is 5.22. The summed E-state index contributed by atoms with van der Waals surface area (Å²) < 4.78 is 42.5. The molecule has 1 amide bonds. The number of unbranched alkanes of at least 4 members (excludes halogenated alkanes) is 1. The Balaban J connectivity index is 1.67. The van der Waals surface area contributed by atoms with Gasteiger partial charge in [0.2, 0.25) is 0 Å². The van der Waals surface area contributed by atoms with Crippen molar-refractivity contribution < 1.29 is 22.7 Å². The van der Waals surface area contributed by atoms with Crippen LogP contribution in [-0.4, -0.2) is 61.4 Å². The number of ether oxygens (including phenoxy) is 1. The number of alkyl halides is 3. The summed E-state index contributed by atoms with van der Waals surface area (Å²) in [4.78, 5) is 15.2. The van der Waals surface area contributed by atoms with Crippen LogP contribution >= 0.6 is 0 Å². The average Bonchev–Trinajstić information content (AvgIpc) is 2.54. The van der Waals surface area contributed by atoms with Gasteiger partial charge in [-0.3, -0.25) is 4.90 Å². The molecule has 2 saturated heterocycles. The minimum Gasteiger partial charge on any atom is -0.449 e. The monoisotopic (exact) mass is 350 g/mol. The Morgan fingerprint density at radius 1 is 1.04 bits per heavy atom. The minimum absolute atomic E-state index is 0.220. The lowest BCUT2D eigenvalue weighted by atomic mass is 9.79. The van der Waals surface area contributed by atoms with Gasteiger partial charge in [0.05, 0.1) is 13.2 Å². The summed E-state index contributed by atoms with van der Waals surface area (Å²) in [6.45, 7) is 4.22. The third-order valence-electron chi connectivity index (χ3n) is 5.22. The molecule has 0 aromatic heterocycles. The van der Waals surface area contributed by atoms with Crippen molar-refractivity contribution in [2.45, 2.75) is 51.6 Å². The zero-order valence-electron chi connectivity index (χ0n) is 14.5. The van der Waals surface area contributed by atoms with Crippen molar-refractivity contribution in [3.8, 4) is 0 Å². The Morgan fingerprint density at radius 3 is 2.08 bits per heavy atom. The molecule has 24 heavy (non-hydrogen) atoms. The highest BCUT2D eigenvalue weighted by molar-refractivity contribution is 5.67. The van der Waals surface area contributed by atoms with Crippen molar-refractivity contribution in [3.05, 3.63) is 0 Å². The SMILES string of the molecule is CCCCOC(=O)N1CCC(C2CCN(CC(F)(F)F)CC2)CC1. The van der Waals surface area contributed by atoms with E-state index in [0.717, 1.165) is 38.5 Å². The van der Waals surface area contributed by atoms with Gasteiger partial charge in [0, 0.05) is 13.1 Å². The van der Waals surface area contributed by atoms with Crippen LogP contribution in [0.2, 0.25) is 0 Å². The first kappa shape index (κ1) is 19.3. The first-order valence-electron chi connectivity index (χ1n) is 9.10. The average molecular weight is 350 g/mol. The molecule has 0 atom stereocenters. The van der Waals surface area contributed by atoms with Crippen LogP contribution in [0.15, 0.2) is 0 Å². The number of halogens is 3. The van der Waals surface area contributed by atoms with Gasteiger partial charge in [-0.2, -0.15) is 13.2 Å². The summed E-state index contributed by atoms with van der Waals surface area (Å²) in [5.41, 5.74) is 0. The molecule has 2 fully saturated rings. The maximum atomic E-state index is 12.4. The van der Waals surface area contributed by atoms with Gasteiger partial charge in [-0.1, -0.05) is 13.3 Å². The summed E-state index contributed by atoms with van der Waals surface area (Å²) in [6.07, 6.45) is 1.11. The zero-order valence-corrected chi connectivity index (χ0v) is 14.5. The Bertz CT molecular complexity index is 388. The molecule has 0 N–H and O–H groups in total. The molecule has 2 aliphatic heterocycles. The Hall–Kier alpha value is -0.980. The van der Waals surface area contributed by atoms with E-state index < -0.39 is 12.7 Å².